The fraction of sp³-hybridized carbons (Fsp3) is 0.500. The van der Waals surface area contributed by atoms with Crippen LogP contribution in [0.25, 0.3) is 0 Å². The van der Waals surface area contributed by atoms with E-state index in [9.17, 15) is 10.1 Å². The van der Waals surface area contributed by atoms with Crippen LogP contribution < -0.4 is 5.73 Å². The molecule has 0 saturated carbocycles. The summed E-state index contributed by atoms with van der Waals surface area (Å²) in [5.74, 6) is 1.26. The van der Waals surface area contributed by atoms with E-state index in [1.807, 2.05) is 13.8 Å². The first-order chi connectivity index (χ1) is 7.00. The largest absolute Gasteiger partial charge is 0.368 e. The molecular weight excluding hydrogens is 216 g/mol. The van der Waals surface area contributed by atoms with Crippen LogP contribution in [-0.4, -0.2) is 20.6 Å². The number of rotatable bonds is 4. The summed E-state index contributed by atoms with van der Waals surface area (Å²) in [4.78, 5) is 17.6. The van der Waals surface area contributed by atoms with Gasteiger partial charge in [0, 0.05) is 5.75 Å². The molecule has 6 nitrogen and oxygen atoms in total. The number of nitrogen functional groups attached to an aromatic ring is 1. The lowest BCUT2D eigenvalue weighted by atomic mass is 10.3. The van der Waals surface area contributed by atoms with Gasteiger partial charge in [0.1, 0.15) is 6.20 Å². The number of hydrogen-bond acceptors (Lipinski definition) is 6. The third-order valence-corrected chi connectivity index (χ3v) is 2.91. The Morgan fingerprint density at radius 3 is 2.87 bits per heavy atom. The van der Waals surface area contributed by atoms with Crippen LogP contribution >= 0.6 is 11.8 Å². The lowest BCUT2D eigenvalue weighted by Gasteiger charge is -2.04. The normalized spacial score (nSPS) is 10.6. The molecule has 15 heavy (non-hydrogen) atoms. The van der Waals surface area contributed by atoms with Gasteiger partial charge in [-0.1, -0.05) is 25.6 Å². The average Bonchev–Trinajstić information content (AvgIpc) is 2.14. The Morgan fingerprint density at radius 2 is 2.33 bits per heavy atom. The smallest absolute Gasteiger partial charge is 0.319 e. The molecule has 7 heteroatoms. The number of nitrogens with two attached hydrogens (primary N) is 1. The molecule has 0 aromatic carbocycles. The van der Waals surface area contributed by atoms with E-state index >= 15 is 0 Å². The molecule has 1 rings (SSSR count). The molecule has 1 heterocycles. The summed E-state index contributed by atoms with van der Waals surface area (Å²) in [6, 6.07) is 0. The fourth-order valence-corrected chi connectivity index (χ4v) is 1.77. The monoisotopic (exact) mass is 228 g/mol. The highest BCUT2D eigenvalue weighted by Gasteiger charge is 2.17. The molecule has 0 spiro atoms. The molecule has 0 amide bonds. The SMILES string of the molecule is CC(C)CSc1nc(N)ncc1[N+](=O)[O-]. The summed E-state index contributed by atoms with van der Waals surface area (Å²) in [7, 11) is 0. The minimum absolute atomic E-state index is 0.0619. The Labute approximate surface area is 91.4 Å². The fourth-order valence-electron chi connectivity index (χ4n) is 0.850. The first kappa shape index (κ1) is 11.7. The molecule has 0 saturated heterocycles. The van der Waals surface area contributed by atoms with Gasteiger partial charge in [-0.3, -0.25) is 10.1 Å². The van der Waals surface area contributed by atoms with Gasteiger partial charge in [0.05, 0.1) is 4.92 Å². The van der Waals surface area contributed by atoms with Gasteiger partial charge in [0.2, 0.25) is 5.95 Å². The predicted octanol–water partition coefficient (Wildman–Crippen LogP) is 1.72. The summed E-state index contributed by atoms with van der Waals surface area (Å²) in [6.07, 6.45) is 1.14. The third-order valence-electron chi connectivity index (χ3n) is 1.50. The molecule has 1 aromatic heterocycles. The van der Waals surface area contributed by atoms with Gasteiger partial charge >= 0.3 is 5.69 Å². The van der Waals surface area contributed by atoms with E-state index in [1.54, 1.807) is 0 Å². The molecule has 0 fully saturated rings. The Balaban J connectivity index is 2.92. The number of nitrogens with zero attached hydrogens (tertiary/aromatic N) is 3. The quantitative estimate of drug-likeness (QED) is 0.365. The van der Waals surface area contributed by atoms with E-state index in [1.165, 1.54) is 11.8 Å². The second-order valence-corrected chi connectivity index (χ2v) is 4.39. The number of thioether (sulfide) groups is 1. The lowest BCUT2D eigenvalue weighted by molar-refractivity contribution is -0.388. The van der Waals surface area contributed by atoms with Crippen LogP contribution in [0.5, 0.6) is 0 Å². The standard InChI is InChI=1S/C8H12N4O2S/c1-5(2)4-15-7-6(12(13)14)3-10-8(9)11-7/h3,5H,4H2,1-2H3,(H2,9,10,11). The zero-order chi connectivity index (χ0) is 11.4. The minimum Gasteiger partial charge on any atom is -0.368 e. The summed E-state index contributed by atoms with van der Waals surface area (Å²) in [5.41, 5.74) is 5.29. The van der Waals surface area contributed by atoms with Crippen molar-refractivity contribution in [2.45, 2.75) is 18.9 Å². The van der Waals surface area contributed by atoms with Crippen molar-refractivity contribution in [1.29, 1.82) is 0 Å². The molecule has 0 radical (unpaired) electrons. The summed E-state index contributed by atoms with van der Waals surface area (Å²) >= 11 is 1.32. The van der Waals surface area contributed by atoms with Gasteiger partial charge in [-0.15, -0.1) is 0 Å². The van der Waals surface area contributed by atoms with Gasteiger partial charge < -0.3 is 5.73 Å². The van der Waals surface area contributed by atoms with Gasteiger partial charge in [0.25, 0.3) is 0 Å². The zero-order valence-corrected chi connectivity index (χ0v) is 9.32. The predicted molar refractivity (Wildman–Crippen MR) is 58.7 cm³/mol. The van der Waals surface area contributed by atoms with E-state index in [2.05, 4.69) is 9.97 Å². The van der Waals surface area contributed by atoms with Crippen molar-refractivity contribution in [1.82, 2.24) is 9.97 Å². The van der Waals surface area contributed by atoms with Crippen molar-refractivity contribution in [3.8, 4) is 0 Å². The molecule has 0 bridgehead atoms. The van der Waals surface area contributed by atoms with Crippen LogP contribution in [0.15, 0.2) is 11.2 Å². The second-order valence-electron chi connectivity index (χ2n) is 3.38. The lowest BCUT2D eigenvalue weighted by Crippen LogP contribution is -2.01. The highest BCUT2D eigenvalue weighted by Crippen LogP contribution is 2.27. The molecule has 2 N–H and O–H groups in total. The van der Waals surface area contributed by atoms with Crippen LogP contribution in [0.4, 0.5) is 11.6 Å². The van der Waals surface area contributed by atoms with E-state index in [0.717, 1.165) is 11.9 Å². The number of nitro groups is 1. The third kappa shape index (κ3) is 3.35. The first-order valence-electron chi connectivity index (χ1n) is 4.40. The first-order valence-corrected chi connectivity index (χ1v) is 5.39. The van der Waals surface area contributed by atoms with Crippen molar-refractivity contribution in [3.05, 3.63) is 16.3 Å². The van der Waals surface area contributed by atoms with Crippen molar-refractivity contribution in [2.75, 3.05) is 11.5 Å². The Bertz CT molecular complexity index is 370. The molecule has 0 atom stereocenters. The molecule has 1 aromatic rings. The van der Waals surface area contributed by atoms with Crippen molar-refractivity contribution >= 4 is 23.4 Å². The summed E-state index contributed by atoms with van der Waals surface area (Å²) in [6.45, 7) is 4.06. The van der Waals surface area contributed by atoms with Crippen LogP contribution in [0.3, 0.4) is 0 Å². The maximum Gasteiger partial charge on any atom is 0.319 e. The maximum absolute atomic E-state index is 10.6. The van der Waals surface area contributed by atoms with Crippen LogP contribution in [0.2, 0.25) is 0 Å². The van der Waals surface area contributed by atoms with E-state index in [4.69, 9.17) is 5.73 Å². The Hall–Kier alpha value is -1.37. The number of aromatic nitrogens is 2. The highest BCUT2D eigenvalue weighted by atomic mass is 32.2. The van der Waals surface area contributed by atoms with Gasteiger partial charge in [-0.05, 0) is 5.92 Å². The minimum atomic E-state index is -0.498. The number of anilines is 1. The molecule has 0 aliphatic heterocycles. The molecule has 0 aliphatic rings. The maximum atomic E-state index is 10.6. The van der Waals surface area contributed by atoms with Crippen LogP contribution in [0, 0.1) is 16.0 Å². The van der Waals surface area contributed by atoms with Gasteiger partial charge in [-0.2, -0.15) is 4.98 Å². The Kier molecular flexibility index (Phi) is 3.84. The molecular formula is C8H12N4O2S. The van der Waals surface area contributed by atoms with Crippen LogP contribution in [0.1, 0.15) is 13.8 Å². The van der Waals surface area contributed by atoms with E-state index in [-0.39, 0.29) is 11.6 Å². The van der Waals surface area contributed by atoms with E-state index < -0.39 is 4.92 Å². The molecule has 0 aliphatic carbocycles. The van der Waals surface area contributed by atoms with Crippen molar-refractivity contribution in [3.63, 3.8) is 0 Å². The number of hydrogen-bond donors (Lipinski definition) is 1. The Morgan fingerprint density at radius 1 is 1.67 bits per heavy atom. The summed E-state index contributed by atoms with van der Waals surface area (Å²) in [5, 5.41) is 11.0. The van der Waals surface area contributed by atoms with Gasteiger partial charge in [0.15, 0.2) is 5.03 Å². The zero-order valence-electron chi connectivity index (χ0n) is 8.51. The highest BCUT2D eigenvalue weighted by molar-refractivity contribution is 7.99. The van der Waals surface area contributed by atoms with Crippen molar-refractivity contribution < 1.29 is 4.92 Å². The molecule has 82 valence electrons. The second kappa shape index (κ2) is 4.92. The van der Waals surface area contributed by atoms with E-state index in [0.29, 0.717) is 10.9 Å². The van der Waals surface area contributed by atoms with Crippen LogP contribution in [-0.2, 0) is 0 Å². The van der Waals surface area contributed by atoms with Crippen molar-refractivity contribution in [2.24, 2.45) is 5.92 Å². The topological polar surface area (TPSA) is 94.9 Å². The van der Waals surface area contributed by atoms with Gasteiger partial charge in [-0.25, -0.2) is 4.98 Å². The average molecular weight is 228 g/mol. The summed E-state index contributed by atoms with van der Waals surface area (Å²) < 4.78 is 0. The molecule has 0 unspecified atom stereocenters.